The second-order valence-electron chi connectivity index (χ2n) is 7.44. The van der Waals surface area contributed by atoms with E-state index < -0.39 is 0 Å². The molecule has 0 bridgehead atoms. The Balaban J connectivity index is 1.43. The van der Waals surface area contributed by atoms with Crippen LogP contribution in [-0.4, -0.2) is 55.5 Å². The van der Waals surface area contributed by atoms with Crippen LogP contribution in [0.1, 0.15) is 31.2 Å². The quantitative estimate of drug-likeness (QED) is 0.776. The Morgan fingerprint density at radius 2 is 2.19 bits per heavy atom. The first-order valence-electron chi connectivity index (χ1n) is 9.71. The summed E-state index contributed by atoms with van der Waals surface area (Å²) in [7, 11) is 0. The molecule has 0 radical (unpaired) electrons. The molecule has 2 saturated heterocycles. The van der Waals surface area contributed by atoms with Crippen molar-refractivity contribution in [2.75, 3.05) is 32.8 Å². The fraction of sp³-hybridized carbons (Fsp3) is 0.600. The summed E-state index contributed by atoms with van der Waals surface area (Å²) in [5.41, 5.74) is 0.923. The number of aryl methyl sites for hydroxylation is 1. The van der Waals surface area contributed by atoms with Gasteiger partial charge in [-0.05, 0) is 68.8 Å². The molecule has 0 aromatic heterocycles. The van der Waals surface area contributed by atoms with E-state index in [1.807, 2.05) is 17.9 Å². The SMILES string of the molecule is Cc1cc(OCC(=O)N2CCCC(CNC(=O)C3CCCN3)C2)ccc1Cl. The van der Waals surface area contributed by atoms with Gasteiger partial charge < -0.3 is 20.3 Å². The van der Waals surface area contributed by atoms with Crippen molar-refractivity contribution in [2.24, 2.45) is 5.92 Å². The number of nitrogens with zero attached hydrogens (tertiary/aromatic N) is 1. The number of hydrogen-bond donors (Lipinski definition) is 2. The molecule has 2 fully saturated rings. The summed E-state index contributed by atoms with van der Waals surface area (Å²) >= 11 is 6.01. The molecule has 0 aliphatic carbocycles. The summed E-state index contributed by atoms with van der Waals surface area (Å²) in [5, 5.41) is 6.93. The summed E-state index contributed by atoms with van der Waals surface area (Å²) in [4.78, 5) is 26.5. The van der Waals surface area contributed by atoms with E-state index in [1.54, 1.807) is 12.1 Å². The number of benzene rings is 1. The lowest BCUT2D eigenvalue weighted by Gasteiger charge is -2.33. The van der Waals surface area contributed by atoms with Crippen molar-refractivity contribution < 1.29 is 14.3 Å². The maximum absolute atomic E-state index is 12.5. The zero-order valence-corrected chi connectivity index (χ0v) is 16.6. The van der Waals surface area contributed by atoms with Gasteiger partial charge in [0, 0.05) is 24.7 Å². The van der Waals surface area contributed by atoms with Crippen LogP contribution >= 0.6 is 11.6 Å². The summed E-state index contributed by atoms with van der Waals surface area (Å²) in [6, 6.07) is 5.33. The predicted octanol–water partition coefficient (Wildman–Crippen LogP) is 2.13. The lowest BCUT2D eigenvalue weighted by Crippen LogP contribution is -2.47. The van der Waals surface area contributed by atoms with Gasteiger partial charge in [0.15, 0.2) is 6.61 Å². The maximum atomic E-state index is 12.5. The minimum Gasteiger partial charge on any atom is -0.484 e. The van der Waals surface area contributed by atoms with Crippen molar-refractivity contribution in [1.82, 2.24) is 15.5 Å². The van der Waals surface area contributed by atoms with Gasteiger partial charge in [-0.3, -0.25) is 9.59 Å². The first-order valence-corrected chi connectivity index (χ1v) is 10.1. The molecule has 2 atom stereocenters. The number of halogens is 1. The molecule has 148 valence electrons. The van der Waals surface area contributed by atoms with Crippen LogP contribution in [0.2, 0.25) is 5.02 Å². The van der Waals surface area contributed by atoms with Crippen LogP contribution in [0, 0.1) is 12.8 Å². The van der Waals surface area contributed by atoms with Crippen LogP contribution < -0.4 is 15.4 Å². The van der Waals surface area contributed by atoms with Crippen molar-refractivity contribution >= 4 is 23.4 Å². The number of hydrogen-bond acceptors (Lipinski definition) is 4. The van der Waals surface area contributed by atoms with Gasteiger partial charge in [0.1, 0.15) is 5.75 Å². The minimum atomic E-state index is -0.0532. The highest BCUT2D eigenvalue weighted by Gasteiger charge is 2.26. The van der Waals surface area contributed by atoms with E-state index in [0.29, 0.717) is 29.8 Å². The van der Waals surface area contributed by atoms with Gasteiger partial charge in [-0.25, -0.2) is 0 Å². The topological polar surface area (TPSA) is 70.7 Å². The number of amides is 2. The Kier molecular flexibility index (Phi) is 6.96. The van der Waals surface area contributed by atoms with Gasteiger partial charge in [-0.2, -0.15) is 0 Å². The van der Waals surface area contributed by atoms with Gasteiger partial charge in [-0.1, -0.05) is 11.6 Å². The Morgan fingerprint density at radius 3 is 2.93 bits per heavy atom. The van der Waals surface area contributed by atoms with E-state index in [0.717, 1.165) is 44.3 Å². The van der Waals surface area contributed by atoms with Crippen LogP contribution in [0.4, 0.5) is 0 Å². The van der Waals surface area contributed by atoms with Gasteiger partial charge in [0.25, 0.3) is 5.91 Å². The molecule has 2 heterocycles. The molecule has 3 rings (SSSR count). The van der Waals surface area contributed by atoms with E-state index in [-0.39, 0.29) is 24.5 Å². The second kappa shape index (κ2) is 9.42. The van der Waals surface area contributed by atoms with Crippen molar-refractivity contribution in [3.8, 4) is 5.75 Å². The zero-order chi connectivity index (χ0) is 19.2. The number of carbonyl (C=O) groups excluding carboxylic acids is 2. The highest BCUT2D eigenvalue weighted by Crippen LogP contribution is 2.21. The molecular weight excluding hydrogens is 366 g/mol. The van der Waals surface area contributed by atoms with Crippen molar-refractivity contribution in [3.05, 3.63) is 28.8 Å². The van der Waals surface area contributed by atoms with E-state index in [1.165, 1.54) is 0 Å². The molecule has 27 heavy (non-hydrogen) atoms. The smallest absolute Gasteiger partial charge is 0.260 e. The van der Waals surface area contributed by atoms with Gasteiger partial charge in [-0.15, -0.1) is 0 Å². The molecule has 2 amide bonds. The third-order valence-electron chi connectivity index (χ3n) is 5.31. The van der Waals surface area contributed by atoms with E-state index in [2.05, 4.69) is 10.6 Å². The van der Waals surface area contributed by atoms with Gasteiger partial charge >= 0.3 is 0 Å². The Bertz CT molecular complexity index is 676. The summed E-state index contributed by atoms with van der Waals surface area (Å²) in [5.74, 6) is 1.01. The molecule has 0 saturated carbocycles. The first kappa shape index (κ1) is 20.0. The van der Waals surface area contributed by atoms with Crippen LogP contribution in [0.15, 0.2) is 18.2 Å². The lowest BCUT2D eigenvalue weighted by molar-refractivity contribution is -0.135. The average molecular weight is 394 g/mol. The van der Waals surface area contributed by atoms with E-state index in [9.17, 15) is 9.59 Å². The van der Waals surface area contributed by atoms with Crippen molar-refractivity contribution in [2.45, 2.75) is 38.6 Å². The molecule has 0 spiro atoms. The molecule has 2 unspecified atom stereocenters. The average Bonchev–Trinajstić information content (AvgIpc) is 3.22. The van der Waals surface area contributed by atoms with Gasteiger partial charge in [0.2, 0.25) is 5.91 Å². The number of piperidine rings is 1. The number of rotatable bonds is 6. The molecule has 1 aromatic rings. The summed E-state index contributed by atoms with van der Waals surface area (Å²) in [6.45, 7) is 4.87. The lowest BCUT2D eigenvalue weighted by atomic mass is 9.97. The fourth-order valence-corrected chi connectivity index (χ4v) is 3.80. The fourth-order valence-electron chi connectivity index (χ4n) is 3.68. The first-order chi connectivity index (χ1) is 13.0. The largest absolute Gasteiger partial charge is 0.484 e. The van der Waals surface area contributed by atoms with Crippen LogP contribution in [-0.2, 0) is 9.59 Å². The highest BCUT2D eigenvalue weighted by atomic mass is 35.5. The van der Waals surface area contributed by atoms with Crippen LogP contribution in [0.25, 0.3) is 0 Å². The second-order valence-corrected chi connectivity index (χ2v) is 7.85. The number of nitrogens with one attached hydrogen (secondary N) is 2. The Morgan fingerprint density at radius 1 is 1.33 bits per heavy atom. The molecule has 2 N–H and O–H groups in total. The monoisotopic (exact) mass is 393 g/mol. The maximum Gasteiger partial charge on any atom is 0.260 e. The standard InChI is InChI=1S/C20H28ClN3O3/c1-14-10-16(6-7-17(14)21)27-13-19(25)24-9-3-4-15(12-24)11-23-20(26)18-5-2-8-22-18/h6-7,10,15,18,22H,2-5,8-9,11-13H2,1H3,(H,23,26). The third-order valence-corrected chi connectivity index (χ3v) is 5.73. The zero-order valence-electron chi connectivity index (χ0n) is 15.8. The van der Waals surface area contributed by atoms with Crippen LogP contribution in [0.5, 0.6) is 5.75 Å². The Hall–Kier alpha value is -1.79. The van der Waals surface area contributed by atoms with E-state index >= 15 is 0 Å². The molecule has 2 aliphatic rings. The highest BCUT2D eigenvalue weighted by molar-refractivity contribution is 6.31. The molecule has 7 heteroatoms. The predicted molar refractivity (Wildman–Crippen MR) is 105 cm³/mol. The van der Waals surface area contributed by atoms with Crippen molar-refractivity contribution in [1.29, 1.82) is 0 Å². The third kappa shape index (κ3) is 5.59. The van der Waals surface area contributed by atoms with Crippen LogP contribution in [0.3, 0.4) is 0 Å². The summed E-state index contributed by atoms with van der Waals surface area (Å²) < 4.78 is 5.63. The molecule has 1 aromatic carbocycles. The summed E-state index contributed by atoms with van der Waals surface area (Å²) in [6.07, 6.45) is 3.94. The number of ether oxygens (including phenoxy) is 1. The normalized spacial score (nSPS) is 22.5. The van der Waals surface area contributed by atoms with Crippen molar-refractivity contribution in [3.63, 3.8) is 0 Å². The van der Waals surface area contributed by atoms with E-state index in [4.69, 9.17) is 16.3 Å². The molecule has 6 nitrogen and oxygen atoms in total. The minimum absolute atomic E-state index is 0.0175. The molecular formula is C20H28ClN3O3. The molecule has 2 aliphatic heterocycles. The van der Waals surface area contributed by atoms with Gasteiger partial charge in [0.05, 0.1) is 6.04 Å². The number of likely N-dealkylation sites (tertiary alicyclic amines) is 1. The number of carbonyl (C=O) groups is 2. The Labute approximate surface area is 165 Å².